The number of rotatable bonds is 7. The van der Waals surface area contributed by atoms with E-state index >= 15 is 0 Å². The van der Waals surface area contributed by atoms with Crippen LogP contribution in [-0.4, -0.2) is 34.6 Å². The van der Waals surface area contributed by atoms with Crippen molar-refractivity contribution in [2.75, 3.05) is 25.0 Å². The zero-order valence-corrected chi connectivity index (χ0v) is 12.9. The zero-order valence-electron chi connectivity index (χ0n) is 12.0. The van der Waals surface area contributed by atoms with E-state index in [0.717, 1.165) is 5.69 Å². The van der Waals surface area contributed by atoms with Crippen LogP contribution in [0.2, 0.25) is 0 Å². The van der Waals surface area contributed by atoms with E-state index in [1.165, 1.54) is 12.8 Å². The third-order valence-corrected chi connectivity index (χ3v) is 5.36. The molecule has 3 N–H and O–H groups in total. The summed E-state index contributed by atoms with van der Waals surface area (Å²) >= 11 is 0. The number of anilines is 1. The molecule has 1 atom stereocenters. The molecule has 112 valence electrons. The smallest absolute Gasteiger partial charge is 0.240 e. The first-order chi connectivity index (χ1) is 9.49. The van der Waals surface area contributed by atoms with Gasteiger partial charge >= 0.3 is 0 Å². The zero-order chi connectivity index (χ0) is 14.8. The average molecular weight is 297 g/mol. The van der Waals surface area contributed by atoms with Crippen LogP contribution in [0.15, 0.2) is 29.2 Å². The van der Waals surface area contributed by atoms with Gasteiger partial charge in [-0.1, -0.05) is 6.92 Å². The Hall–Kier alpha value is -1.11. The van der Waals surface area contributed by atoms with Gasteiger partial charge in [0, 0.05) is 31.9 Å². The first-order valence-corrected chi connectivity index (χ1v) is 8.50. The number of hydrogen-bond acceptors (Lipinski definition) is 4. The Balaban J connectivity index is 2.15. The van der Waals surface area contributed by atoms with Crippen molar-refractivity contribution in [2.45, 2.75) is 30.7 Å². The summed E-state index contributed by atoms with van der Waals surface area (Å²) < 4.78 is 26.2. The lowest BCUT2D eigenvalue weighted by atomic mass is 10.1. The van der Waals surface area contributed by atoms with Crippen LogP contribution in [0, 0.1) is 5.92 Å². The molecular weight excluding hydrogens is 274 g/mol. The summed E-state index contributed by atoms with van der Waals surface area (Å²) in [5, 5.41) is 0. The number of nitrogens with two attached hydrogens (primary N) is 1. The molecule has 1 unspecified atom stereocenters. The van der Waals surface area contributed by atoms with Crippen LogP contribution in [0.5, 0.6) is 0 Å². The first kappa shape index (κ1) is 15.3. The molecule has 1 fully saturated rings. The number of likely N-dealkylation sites (N-methyl/N-ethyl adjacent to an activating group) is 1. The molecule has 6 heteroatoms. The Morgan fingerprint density at radius 2 is 1.95 bits per heavy atom. The molecule has 1 aliphatic carbocycles. The van der Waals surface area contributed by atoms with Gasteiger partial charge in [0.1, 0.15) is 0 Å². The van der Waals surface area contributed by atoms with E-state index in [1.807, 2.05) is 19.2 Å². The van der Waals surface area contributed by atoms with Gasteiger partial charge in [-0.25, -0.2) is 13.1 Å². The fourth-order valence-corrected chi connectivity index (χ4v) is 3.51. The summed E-state index contributed by atoms with van der Waals surface area (Å²) in [4.78, 5) is 2.45. The van der Waals surface area contributed by atoms with Crippen molar-refractivity contribution in [3.05, 3.63) is 24.3 Å². The van der Waals surface area contributed by atoms with E-state index < -0.39 is 10.0 Å². The minimum atomic E-state index is -3.38. The normalized spacial score (nSPS) is 16.9. The number of benzene rings is 1. The van der Waals surface area contributed by atoms with E-state index in [9.17, 15) is 8.42 Å². The second-order valence-corrected chi connectivity index (χ2v) is 7.01. The number of nitrogens with zero attached hydrogens (tertiary/aromatic N) is 1. The Bertz CT molecular complexity index is 538. The van der Waals surface area contributed by atoms with Gasteiger partial charge in [0.05, 0.1) is 4.90 Å². The van der Waals surface area contributed by atoms with E-state index in [1.54, 1.807) is 19.1 Å². The topological polar surface area (TPSA) is 75.4 Å². The molecule has 1 aromatic carbocycles. The van der Waals surface area contributed by atoms with Crippen LogP contribution in [0.3, 0.4) is 0 Å². The summed E-state index contributed by atoms with van der Waals surface area (Å²) in [6, 6.07) is 7.31. The molecule has 0 aliphatic heterocycles. The lowest BCUT2D eigenvalue weighted by Crippen LogP contribution is -2.39. The molecule has 0 aromatic heterocycles. The Labute approximate surface area is 121 Å². The van der Waals surface area contributed by atoms with Gasteiger partial charge < -0.3 is 10.6 Å². The van der Waals surface area contributed by atoms with Gasteiger partial charge in [-0.05, 0) is 43.0 Å². The predicted octanol–water partition coefficient (Wildman–Crippen LogP) is 1.16. The highest BCUT2D eigenvalue weighted by molar-refractivity contribution is 7.89. The van der Waals surface area contributed by atoms with Gasteiger partial charge in [0.15, 0.2) is 0 Å². The van der Waals surface area contributed by atoms with Crippen molar-refractivity contribution in [3.63, 3.8) is 0 Å². The van der Waals surface area contributed by atoms with Crippen LogP contribution in [0.1, 0.15) is 19.8 Å². The van der Waals surface area contributed by atoms with E-state index in [0.29, 0.717) is 29.9 Å². The van der Waals surface area contributed by atoms with E-state index in [-0.39, 0.29) is 0 Å². The monoisotopic (exact) mass is 297 g/mol. The number of hydrogen-bond donors (Lipinski definition) is 2. The SMILES string of the molecule is CCNS(=O)(=O)c1ccc(N(C)C(CN)C2CC2)cc1. The molecule has 2 rings (SSSR count). The maximum atomic E-state index is 11.9. The van der Waals surface area contributed by atoms with Crippen molar-refractivity contribution >= 4 is 15.7 Å². The predicted molar refractivity (Wildman–Crippen MR) is 81.3 cm³/mol. The van der Waals surface area contributed by atoms with E-state index in [2.05, 4.69) is 9.62 Å². The second-order valence-electron chi connectivity index (χ2n) is 5.25. The van der Waals surface area contributed by atoms with Crippen molar-refractivity contribution < 1.29 is 8.42 Å². The lowest BCUT2D eigenvalue weighted by molar-refractivity contribution is 0.570. The van der Waals surface area contributed by atoms with Crippen LogP contribution < -0.4 is 15.4 Å². The minimum Gasteiger partial charge on any atom is -0.370 e. The highest BCUT2D eigenvalue weighted by Gasteiger charge is 2.33. The highest BCUT2D eigenvalue weighted by Crippen LogP contribution is 2.36. The van der Waals surface area contributed by atoms with Gasteiger partial charge in [-0.15, -0.1) is 0 Å². The van der Waals surface area contributed by atoms with Crippen molar-refractivity contribution in [2.24, 2.45) is 11.7 Å². The molecule has 0 saturated heterocycles. The Morgan fingerprint density at radius 1 is 1.35 bits per heavy atom. The quantitative estimate of drug-likeness (QED) is 0.792. The van der Waals surface area contributed by atoms with E-state index in [4.69, 9.17) is 5.73 Å². The van der Waals surface area contributed by atoms with Gasteiger partial charge in [-0.3, -0.25) is 0 Å². The Morgan fingerprint density at radius 3 is 2.40 bits per heavy atom. The molecule has 1 aliphatic rings. The molecule has 0 heterocycles. The third kappa shape index (κ3) is 3.31. The van der Waals surface area contributed by atoms with Crippen LogP contribution in [0.25, 0.3) is 0 Å². The van der Waals surface area contributed by atoms with Crippen molar-refractivity contribution in [3.8, 4) is 0 Å². The second kappa shape index (κ2) is 6.11. The summed E-state index contributed by atoms with van der Waals surface area (Å²) in [6.07, 6.45) is 2.47. The molecule has 20 heavy (non-hydrogen) atoms. The summed E-state index contributed by atoms with van der Waals surface area (Å²) in [7, 11) is -1.36. The summed E-state index contributed by atoms with van der Waals surface area (Å²) in [5.41, 5.74) is 6.85. The molecular formula is C14H23N3O2S. The van der Waals surface area contributed by atoms with Crippen LogP contribution in [0.4, 0.5) is 5.69 Å². The first-order valence-electron chi connectivity index (χ1n) is 7.02. The fraction of sp³-hybridized carbons (Fsp3) is 0.571. The Kier molecular flexibility index (Phi) is 4.67. The molecule has 5 nitrogen and oxygen atoms in total. The molecule has 0 bridgehead atoms. The minimum absolute atomic E-state index is 0.298. The molecule has 0 spiro atoms. The van der Waals surface area contributed by atoms with Crippen LogP contribution in [-0.2, 0) is 10.0 Å². The van der Waals surface area contributed by atoms with Gasteiger partial charge in [0.25, 0.3) is 0 Å². The standard InChI is InChI=1S/C14H23N3O2S/c1-3-16-20(18,19)13-8-6-12(7-9-13)17(2)14(10-15)11-4-5-11/h6-9,11,14,16H,3-5,10,15H2,1-2H3. The van der Waals surface area contributed by atoms with Crippen molar-refractivity contribution in [1.29, 1.82) is 0 Å². The number of nitrogens with one attached hydrogen (secondary N) is 1. The largest absolute Gasteiger partial charge is 0.370 e. The molecule has 1 saturated carbocycles. The maximum absolute atomic E-state index is 11.9. The summed E-state index contributed by atoms with van der Waals surface area (Å²) in [6.45, 7) is 2.78. The van der Waals surface area contributed by atoms with Gasteiger partial charge in [0.2, 0.25) is 10.0 Å². The third-order valence-electron chi connectivity index (χ3n) is 3.79. The molecule has 1 aromatic rings. The number of sulfonamides is 1. The average Bonchev–Trinajstić information content (AvgIpc) is 3.24. The highest BCUT2D eigenvalue weighted by atomic mass is 32.2. The lowest BCUT2D eigenvalue weighted by Gasteiger charge is -2.29. The van der Waals surface area contributed by atoms with Crippen LogP contribution >= 0.6 is 0 Å². The summed E-state index contributed by atoms with van der Waals surface area (Å²) in [5.74, 6) is 0.676. The van der Waals surface area contributed by atoms with Gasteiger partial charge in [-0.2, -0.15) is 0 Å². The van der Waals surface area contributed by atoms with Crippen molar-refractivity contribution in [1.82, 2.24) is 4.72 Å². The molecule has 0 radical (unpaired) electrons. The molecule has 0 amide bonds. The fourth-order valence-electron chi connectivity index (χ4n) is 2.47. The maximum Gasteiger partial charge on any atom is 0.240 e.